The van der Waals surface area contributed by atoms with Gasteiger partial charge in [-0.25, -0.2) is 0 Å². The van der Waals surface area contributed by atoms with Gasteiger partial charge in [0.15, 0.2) is 5.60 Å². The van der Waals surface area contributed by atoms with Gasteiger partial charge < -0.3 is 4.74 Å². The smallest absolute Gasteiger partial charge is 0.312 e. The van der Waals surface area contributed by atoms with Crippen molar-refractivity contribution in [3.63, 3.8) is 0 Å². The SMILES string of the molecule is CC(C)(C)N1CCC2(CC1)OC(=O)Cc1nccnc12. The summed E-state index contributed by atoms with van der Waals surface area (Å²) in [5.41, 5.74) is 1.24. The summed E-state index contributed by atoms with van der Waals surface area (Å²) in [6.45, 7) is 8.46. The summed E-state index contributed by atoms with van der Waals surface area (Å²) >= 11 is 0. The Kier molecular flexibility index (Phi) is 3.05. The van der Waals surface area contributed by atoms with Crippen molar-refractivity contribution in [3.8, 4) is 0 Å². The third kappa shape index (κ3) is 2.20. The van der Waals surface area contributed by atoms with Crippen LogP contribution in [0.2, 0.25) is 0 Å². The molecule has 0 radical (unpaired) electrons. The highest BCUT2D eigenvalue weighted by Crippen LogP contribution is 2.41. The second-order valence-electron chi connectivity index (χ2n) is 6.65. The average molecular weight is 275 g/mol. The summed E-state index contributed by atoms with van der Waals surface area (Å²) in [6.07, 6.45) is 5.17. The standard InChI is InChI=1S/C15H21N3O2/c1-14(2,3)18-8-4-15(5-9-18)13-11(10-12(19)20-15)16-6-7-17-13/h6-7H,4-5,8-10H2,1-3H3. The summed E-state index contributed by atoms with van der Waals surface area (Å²) < 4.78 is 5.73. The van der Waals surface area contributed by atoms with Crippen LogP contribution < -0.4 is 0 Å². The Labute approximate surface area is 119 Å². The molecule has 3 heterocycles. The fraction of sp³-hybridized carbons (Fsp3) is 0.667. The minimum absolute atomic E-state index is 0.144. The summed E-state index contributed by atoms with van der Waals surface area (Å²) in [5, 5.41) is 0. The zero-order valence-electron chi connectivity index (χ0n) is 12.3. The van der Waals surface area contributed by atoms with E-state index in [-0.39, 0.29) is 17.9 Å². The third-order valence-electron chi connectivity index (χ3n) is 4.35. The Morgan fingerprint density at radius 2 is 1.85 bits per heavy atom. The molecule has 0 saturated carbocycles. The minimum Gasteiger partial charge on any atom is -0.452 e. The highest BCUT2D eigenvalue weighted by atomic mass is 16.6. The van der Waals surface area contributed by atoms with Crippen molar-refractivity contribution in [2.45, 2.75) is 51.2 Å². The molecule has 3 rings (SSSR count). The Balaban J connectivity index is 1.89. The number of hydrogen-bond donors (Lipinski definition) is 0. The summed E-state index contributed by atoms with van der Waals surface area (Å²) in [6, 6.07) is 0. The van der Waals surface area contributed by atoms with Crippen LogP contribution >= 0.6 is 0 Å². The van der Waals surface area contributed by atoms with E-state index in [1.807, 2.05) is 0 Å². The quantitative estimate of drug-likeness (QED) is 0.674. The second-order valence-corrected chi connectivity index (χ2v) is 6.65. The fourth-order valence-electron chi connectivity index (χ4n) is 3.19. The minimum atomic E-state index is -0.555. The Morgan fingerprint density at radius 1 is 1.20 bits per heavy atom. The van der Waals surface area contributed by atoms with E-state index in [0.717, 1.165) is 37.3 Å². The predicted molar refractivity (Wildman–Crippen MR) is 74.1 cm³/mol. The first kappa shape index (κ1) is 13.5. The molecule has 0 aliphatic carbocycles. The number of nitrogens with zero attached hydrogens (tertiary/aromatic N) is 3. The first-order valence-corrected chi connectivity index (χ1v) is 7.18. The highest BCUT2D eigenvalue weighted by Gasteiger charge is 2.47. The number of carbonyl (C=O) groups is 1. The maximum Gasteiger partial charge on any atom is 0.312 e. The van der Waals surface area contributed by atoms with Gasteiger partial charge in [-0.1, -0.05) is 0 Å². The molecule has 5 nitrogen and oxygen atoms in total. The van der Waals surface area contributed by atoms with Crippen LogP contribution in [0.1, 0.15) is 45.0 Å². The van der Waals surface area contributed by atoms with Crippen molar-refractivity contribution in [2.24, 2.45) is 0 Å². The van der Waals surface area contributed by atoms with Crippen molar-refractivity contribution in [1.82, 2.24) is 14.9 Å². The molecular weight excluding hydrogens is 254 g/mol. The molecule has 1 saturated heterocycles. The van der Waals surface area contributed by atoms with E-state index >= 15 is 0 Å². The van der Waals surface area contributed by atoms with Crippen LogP contribution in [0.4, 0.5) is 0 Å². The predicted octanol–water partition coefficient (Wildman–Crippen LogP) is 1.67. The van der Waals surface area contributed by atoms with Crippen molar-refractivity contribution in [2.75, 3.05) is 13.1 Å². The largest absolute Gasteiger partial charge is 0.452 e. The average Bonchev–Trinajstić information content (AvgIpc) is 2.38. The van der Waals surface area contributed by atoms with E-state index in [0.29, 0.717) is 0 Å². The normalized spacial score (nSPS) is 22.4. The van der Waals surface area contributed by atoms with Crippen LogP contribution in [-0.2, 0) is 21.6 Å². The lowest BCUT2D eigenvalue weighted by molar-refractivity contribution is -0.171. The van der Waals surface area contributed by atoms with E-state index in [2.05, 4.69) is 35.6 Å². The number of hydrogen-bond acceptors (Lipinski definition) is 5. The van der Waals surface area contributed by atoms with Gasteiger partial charge in [0.25, 0.3) is 0 Å². The molecule has 5 heteroatoms. The lowest BCUT2D eigenvalue weighted by Gasteiger charge is -2.46. The molecule has 0 N–H and O–H groups in total. The number of ether oxygens (including phenoxy) is 1. The zero-order chi connectivity index (χ0) is 14.4. The van der Waals surface area contributed by atoms with Gasteiger partial charge >= 0.3 is 5.97 Å². The van der Waals surface area contributed by atoms with Gasteiger partial charge in [0.2, 0.25) is 0 Å². The lowest BCUT2D eigenvalue weighted by Crippen LogP contribution is -2.53. The van der Waals surface area contributed by atoms with Crippen molar-refractivity contribution >= 4 is 5.97 Å². The molecule has 0 amide bonds. The first-order chi connectivity index (χ1) is 9.41. The number of likely N-dealkylation sites (tertiary alicyclic amines) is 1. The summed E-state index contributed by atoms with van der Waals surface area (Å²) in [4.78, 5) is 23.1. The third-order valence-corrected chi connectivity index (χ3v) is 4.35. The molecule has 0 bridgehead atoms. The molecule has 2 aliphatic rings. The van der Waals surface area contributed by atoms with Crippen molar-refractivity contribution in [3.05, 3.63) is 23.8 Å². The monoisotopic (exact) mass is 275 g/mol. The summed E-state index contributed by atoms with van der Waals surface area (Å²) in [7, 11) is 0. The molecule has 0 atom stereocenters. The maximum atomic E-state index is 11.9. The molecule has 1 spiro atoms. The number of piperidine rings is 1. The van der Waals surface area contributed by atoms with Crippen molar-refractivity contribution < 1.29 is 9.53 Å². The molecular formula is C15H21N3O2. The van der Waals surface area contributed by atoms with Crippen LogP contribution in [0.25, 0.3) is 0 Å². The Hall–Kier alpha value is -1.49. The Morgan fingerprint density at radius 3 is 2.50 bits per heavy atom. The topological polar surface area (TPSA) is 55.3 Å². The van der Waals surface area contributed by atoms with Gasteiger partial charge in [-0.3, -0.25) is 19.7 Å². The van der Waals surface area contributed by atoms with E-state index in [9.17, 15) is 4.79 Å². The van der Waals surface area contributed by atoms with E-state index in [1.165, 1.54) is 0 Å². The van der Waals surface area contributed by atoms with Gasteiger partial charge in [-0.15, -0.1) is 0 Å². The van der Waals surface area contributed by atoms with Crippen LogP contribution in [0.3, 0.4) is 0 Å². The van der Waals surface area contributed by atoms with Gasteiger partial charge in [0.1, 0.15) is 5.69 Å². The Bertz CT molecular complexity index is 528. The van der Waals surface area contributed by atoms with E-state index in [1.54, 1.807) is 12.4 Å². The number of carbonyl (C=O) groups excluding carboxylic acids is 1. The molecule has 0 aromatic carbocycles. The zero-order valence-corrected chi connectivity index (χ0v) is 12.3. The van der Waals surface area contributed by atoms with Crippen LogP contribution in [0.15, 0.2) is 12.4 Å². The maximum absolute atomic E-state index is 11.9. The number of fused-ring (bicyclic) bond motifs is 2. The number of aromatic nitrogens is 2. The number of esters is 1. The van der Waals surface area contributed by atoms with Gasteiger partial charge in [-0.2, -0.15) is 0 Å². The lowest BCUT2D eigenvalue weighted by atomic mass is 9.83. The molecule has 1 aromatic rings. The van der Waals surface area contributed by atoms with Crippen molar-refractivity contribution in [1.29, 1.82) is 0 Å². The molecule has 1 fully saturated rings. The highest BCUT2D eigenvalue weighted by molar-refractivity contribution is 5.74. The van der Waals surface area contributed by atoms with E-state index < -0.39 is 5.60 Å². The van der Waals surface area contributed by atoms with Gasteiger partial charge in [0, 0.05) is 43.9 Å². The van der Waals surface area contributed by atoms with Crippen LogP contribution in [0, 0.1) is 0 Å². The first-order valence-electron chi connectivity index (χ1n) is 7.18. The molecule has 0 unspecified atom stereocenters. The molecule has 2 aliphatic heterocycles. The fourth-order valence-corrected chi connectivity index (χ4v) is 3.19. The van der Waals surface area contributed by atoms with Gasteiger partial charge in [-0.05, 0) is 20.8 Å². The van der Waals surface area contributed by atoms with Crippen LogP contribution in [-0.4, -0.2) is 39.5 Å². The molecule has 20 heavy (non-hydrogen) atoms. The molecule has 108 valence electrons. The molecule has 1 aromatic heterocycles. The number of rotatable bonds is 0. The van der Waals surface area contributed by atoms with Crippen LogP contribution in [0.5, 0.6) is 0 Å². The second kappa shape index (κ2) is 4.52. The van der Waals surface area contributed by atoms with Gasteiger partial charge in [0.05, 0.1) is 12.1 Å². The van der Waals surface area contributed by atoms with E-state index in [4.69, 9.17) is 4.74 Å². The summed E-state index contributed by atoms with van der Waals surface area (Å²) in [5.74, 6) is -0.179.